The summed E-state index contributed by atoms with van der Waals surface area (Å²) < 4.78 is 0. The SMILES string of the molecule is CCN(C)c1ccc2c(c1)NC(=O)C2NC. The molecule has 1 aliphatic heterocycles. The maximum absolute atomic E-state index is 11.6. The molecule has 1 aliphatic rings. The van der Waals surface area contributed by atoms with Crippen molar-refractivity contribution in [3.63, 3.8) is 0 Å². The van der Waals surface area contributed by atoms with Crippen molar-refractivity contribution in [1.82, 2.24) is 5.32 Å². The number of rotatable bonds is 3. The van der Waals surface area contributed by atoms with Crippen LogP contribution in [-0.2, 0) is 4.79 Å². The molecular weight excluding hydrogens is 202 g/mol. The molecule has 2 N–H and O–H groups in total. The van der Waals surface area contributed by atoms with Crippen molar-refractivity contribution in [1.29, 1.82) is 0 Å². The first-order valence-electron chi connectivity index (χ1n) is 5.50. The highest BCUT2D eigenvalue weighted by atomic mass is 16.2. The Labute approximate surface area is 95.6 Å². The van der Waals surface area contributed by atoms with E-state index in [-0.39, 0.29) is 11.9 Å². The Morgan fingerprint density at radius 1 is 1.50 bits per heavy atom. The topological polar surface area (TPSA) is 44.4 Å². The highest BCUT2D eigenvalue weighted by Gasteiger charge is 2.29. The molecule has 0 saturated heterocycles. The first-order valence-corrected chi connectivity index (χ1v) is 5.50. The number of anilines is 2. The van der Waals surface area contributed by atoms with E-state index in [0.29, 0.717) is 0 Å². The minimum Gasteiger partial charge on any atom is -0.375 e. The Hall–Kier alpha value is -1.55. The second-order valence-corrected chi connectivity index (χ2v) is 4.00. The molecule has 0 radical (unpaired) electrons. The number of benzene rings is 1. The van der Waals surface area contributed by atoms with Gasteiger partial charge in [0.05, 0.1) is 0 Å². The van der Waals surface area contributed by atoms with Crippen molar-refractivity contribution in [3.8, 4) is 0 Å². The third-order valence-electron chi connectivity index (χ3n) is 3.07. The molecular formula is C12H17N3O. The number of amides is 1. The molecule has 0 bridgehead atoms. The van der Waals surface area contributed by atoms with E-state index >= 15 is 0 Å². The molecule has 4 nitrogen and oxygen atoms in total. The van der Waals surface area contributed by atoms with Crippen LogP contribution in [0.5, 0.6) is 0 Å². The van der Waals surface area contributed by atoms with Gasteiger partial charge in [0.25, 0.3) is 0 Å². The number of nitrogens with one attached hydrogen (secondary N) is 2. The van der Waals surface area contributed by atoms with E-state index in [0.717, 1.165) is 23.5 Å². The van der Waals surface area contributed by atoms with Gasteiger partial charge in [0.15, 0.2) is 0 Å². The summed E-state index contributed by atoms with van der Waals surface area (Å²) in [6, 6.07) is 5.87. The van der Waals surface area contributed by atoms with E-state index in [1.807, 2.05) is 25.2 Å². The Balaban J connectivity index is 2.36. The van der Waals surface area contributed by atoms with Crippen LogP contribution < -0.4 is 15.5 Å². The van der Waals surface area contributed by atoms with Crippen molar-refractivity contribution >= 4 is 17.3 Å². The molecule has 16 heavy (non-hydrogen) atoms. The molecule has 0 aliphatic carbocycles. The molecule has 0 spiro atoms. The molecule has 1 aromatic rings. The zero-order chi connectivity index (χ0) is 11.7. The van der Waals surface area contributed by atoms with Gasteiger partial charge in [0.1, 0.15) is 6.04 Å². The fourth-order valence-electron chi connectivity index (χ4n) is 1.96. The van der Waals surface area contributed by atoms with Crippen LogP contribution in [0.15, 0.2) is 18.2 Å². The number of likely N-dealkylation sites (N-methyl/N-ethyl adjacent to an activating group) is 1. The molecule has 1 aromatic carbocycles. The van der Waals surface area contributed by atoms with Crippen LogP contribution in [0.2, 0.25) is 0 Å². The van der Waals surface area contributed by atoms with Crippen molar-refractivity contribution in [2.45, 2.75) is 13.0 Å². The lowest BCUT2D eigenvalue weighted by Crippen LogP contribution is -2.23. The molecule has 4 heteroatoms. The fourth-order valence-corrected chi connectivity index (χ4v) is 1.96. The highest BCUT2D eigenvalue weighted by Crippen LogP contribution is 2.33. The van der Waals surface area contributed by atoms with Crippen LogP contribution in [0.25, 0.3) is 0 Å². The second-order valence-electron chi connectivity index (χ2n) is 4.00. The van der Waals surface area contributed by atoms with E-state index in [4.69, 9.17) is 0 Å². The Bertz CT molecular complexity index is 417. The number of carbonyl (C=O) groups is 1. The smallest absolute Gasteiger partial charge is 0.246 e. The van der Waals surface area contributed by atoms with Crippen LogP contribution in [0.3, 0.4) is 0 Å². The van der Waals surface area contributed by atoms with Crippen LogP contribution in [0.4, 0.5) is 11.4 Å². The quantitative estimate of drug-likeness (QED) is 0.806. The lowest BCUT2D eigenvalue weighted by molar-refractivity contribution is -0.117. The molecule has 1 atom stereocenters. The van der Waals surface area contributed by atoms with Gasteiger partial charge in [-0.1, -0.05) is 6.07 Å². The molecule has 1 heterocycles. The van der Waals surface area contributed by atoms with Gasteiger partial charge in [-0.15, -0.1) is 0 Å². The maximum Gasteiger partial charge on any atom is 0.246 e. The monoisotopic (exact) mass is 219 g/mol. The van der Waals surface area contributed by atoms with Gasteiger partial charge in [-0.3, -0.25) is 4.79 Å². The van der Waals surface area contributed by atoms with Gasteiger partial charge in [-0.25, -0.2) is 0 Å². The van der Waals surface area contributed by atoms with Crippen LogP contribution >= 0.6 is 0 Å². The zero-order valence-electron chi connectivity index (χ0n) is 9.87. The van der Waals surface area contributed by atoms with Gasteiger partial charge in [0, 0.05) is 30.5 Å². The van der Waals surface area contributed by atoms with Gasteiger partial charge in [-0.2, -0.15) is 0 Å². The maximum atomic E-state index is 11.6. The lowest BCUT2D eigenvalue weighted by atomic mass is 10.1. The molecule has 2 rings (SSSR count). The standard InChI is InChI=1S/C12H17N3O/c1-4-15(3)8-5-6-9-10(7-8)14-12(16)11(9)13-2/h5-7,11,13H,4H2,1-3H3,(H,14,16). The summed E-state index contributed by atoms with van der Waals surface area (Å²) in [4.78, 5) is 13.8. The van der Waals surface area contributed by atoms with Gasteiger partial charge < -0.3 is 15.5 Å². The van der Waals surface area contributed by atoms with E-state index in [1.54, 1.807) is 7.05 Å². The largest absolute Gasteiger partial charge is 0.375 e. The van der Waals surface area contributed by atoms with E-state index in [9.17, 15) is 4.79 Å². The number of nitrogens with zero attached hydrogens (tertiary/aromatic N) is 1. The Morgan fingerprint density at radius 3 is 2.88 bits per heavy atom. The number of fused-ring (bicyclic) bond motifs is 1. The molecule has 0 saturated carbocycles. The fraction of sp³-hybridized carbons (Fsp3) is 0.417. The average Bonchev–Trinajstić information content (AvgIpc) is 2.62. The van der Waals surface area contributed by atoms with Crippen molar-refractivity contribution < 1.29 is 4.79 Å². The van der Waals surface area contributed by atoms with Crippen molar-refractivity contribution in [2.75, 3.05) is 30.9 Å². The summed E-state index contributed by atoms with van der Waals surface area (Å²) in [6.07, 6.45) is 0. The second kappa shape index (κ2) is 4.14. The molecule has 0 aromatic heterocycles. The van der Waals surface area contributed by atoms with Crippen LogP contribution in [-0.4, -0.2) is 26.5 Å². The minimum atomic E-state index is -0.212. The number of hydrogen-bond donors (Lipinski definition) is 2. The van der Waals surface area contributed by atoms with E-state index in [1.165, 1.54) is 0 Å². The number of hydrogen-bond acceptors (Lipinski definition) is 3. The average molecular weight is 219 g/mol. The summed E-state index contributed by atoms with van der Waals surface area (Å²) >= 11 is 0. The normalized spacial score (nSPS) is 18.2. The summed E-state index contributed by atoms with van der Waals surface area (Å²) in [5, 5.41) is 5.90. The van der Waals surface area contributed by atoms with Gasteiger partial charge in [-0.05, 0) is 26.1 Å². The Kier molecular flexibility index (Phi) is 2.83. The van der Waals surface area contributed by atoms with Crippen LogP contribution in [0.1, 0.15) is 18.5 Å². The third-order valence-corrected chi connectivity index (χ3v) is 3.07. The van der Waals surface area contributed by atoms with Crippen molar-refractivity contribution in [2.24, 2.45) is 0 Å². The first kappa shape index (κ1) is 11.0. The Morgan fingerprint density at radius 2 is 2.25 bits per heavy atom. The predicted octanol–water partition coefficient (Wildman–Crippen LogP) is 1.36. The van der Waals surface area contributed by atoms with Crippen LogP contribution in [0, 0.1) is 0 Å². The predicted molar refractivity (Wildman–Crippen MR) is 65.8 cm³/mol. The zero-order valence-corrected chi connectivity index (χ0v) is 9.87. The first-order chi connectivity index (χ1) is 7.67. The molecule has 86 valence electrons. The minimum absolute atomic E-state index is 0.0220. The van der Waals surface area contributed by atoms with Crippen molar-refractivity contribution in [3.05, 3.63) is 23.8 Å². The van der Waals surface area contributed by atoms with E-state index < -0.39 is 0 Å². The molecule has 0 fully saturated rings. The summed E-state index contributed by atoms with van der Waals surface area (Å²) in [6.45, 7) is 3.05. The van der Waals surface area contributed by atoms with Gasteiger partial charge in [0.2, 0.25) is 5.91 Å². The number of carbonyl (C=O) groups excluding carboxylic acids is 1. The van der Waals surface area contributed by atoms with Gasteiger partial charge >= 0.3 is 0 Å². The lowest BCUT2D eigenvalue weighted by Gasteiger charge is -2.17. The summed E-state index contributed by atoms with van der Waals surface area (Å²) in [7, 11) is 3.83. The van der Waals surface area contributed by atoms with E-state index in [2.05, 4.69) is 22.5 Å². The summed E-state index contributed by atoms with van der Waals surface area (Å²) in [5.41, 5.74) is 3.07. The third kappa shape index (κ3) is 1.65. The molecule has 1 amide bonds. The molecule has 1 unspecified atom stereocenters. The summed E-state index contributed by atoms with van der Waals surface area (Å²) in [5.74, 6) is 0.0220. The highest BCUT2D eigenvalue weighted by molar-refractivity contribution is 6.03.